The average molecular weight is 286 g/mol. The highest BCUT2D eigenvalue weighted by Gasteiger charge is 2.33. The molecule has 0 saturated carbocycles. The third kappa shape index (κ3) is 3.50. The summed E-state index contributed by atoms with van der Waals surface area (Å²) in [5.74, 6) is -0.255. The lowest BCUT2D eigenvalue weighted by Gasteiger charge is -2.32. The number of carbonyl (C=O) groups excluding carboxylic acids is 1. The molecule has 1 N–H and O–H groups in total. The van der Waals surface area contributed by atoms with Crippen LogP contribution in [0.15, 0.2) is 24.3 Å². The van der Waals surface area contributed by atoms with Gasteiger partial charge in [-0.25, -0.2) is 0 Å². The van der Waals surface area contributed by atoms with Crippen molar-refractivity contribution >= 4 is 5.91 Å². The normalized spacial score (nSPS) is 20.0. The van der Waals surface area contributed by atoms with Gasteiger partial charge in [0.25, 0.3) is 0 Å². The molecule has 110 valence electrons. The van der Waals surface area contributed by atoms with E-state index >= 15 is 0 Å². The van der Waals surface area contributed by atoms with E-state index in [4.69, 9.17) is 0 Å². The highest BCUT2D eigenvalue weighted by molar-refractivity contribution is 5.79. The Bertz CT molecular complexity index is 488. The smallest absolute Gasteiger partial charge is 0.340 e. The Kier molecular flexibility index (Phi) is 4.32. The minimum absolute atomic E-state index is 0.0381. The van der Waals surface area contributed by atoms with Gasteiger partial charge in [-0.3, -0.25) is 4.79 Å². The third-order valence-corrected chi connectivity index (χ3v) is 3.39. The van der Waals surface area contributed by atoms with Crippen LogP contribution in [0.5, 0.6) is 0 Å². The van der Waals surface area contributed by atoms with Crippen LogP contribution in [0, 0.1) is 0 Å². The largest absolute Gasteiger partial charge is 0.416 e. The zero-order valence-corrected chi connectivity index (χ0v) is 11.2. The Labute approximate surface area is 115 Å². The number of carbonyl (C=O) groups is 1. The lowest BCUT2D eigenvalue weighted by Crippen LogP contribution is -2.51. The summed E-state index contributed by atoms with van der Waals surface area (Å²) in [6.45, 7) is 3.70. The van der Waals surface area contributed by atoms with Crippen molar-refractivity contribution in [2.75, 3.05) is 19.6 Å². The quantitative estimate of drug-likeness (QED) is 0.902. The molecule has 0 radical (unpaired) electrons. The van der Waals surface area contributed by atoms with Crippen LogP contribution in [-0.2, 0) is 17.4 Å². The lowest BCUT2D eigenvalue weighted by molar-refractivity contribution is -0.138. The number of hydrogen-bond acceptors (Lipinski definition) is 2. The maximum absolute atomic E-state index is 12.9. The summed E-state index contributed by atoms with van der Waals surface area (Å²) in [5.41, 5.74) is -0.687. The van der Waals surface area contributed by atoms with Gasteiger partial charge in [0.1, 0.15) is 0 Å². The molecule has 6 heteroatoms. The van der Waals surface area contributed by atoms with Gasteiger partial charge in [0, 0.05) is 25.7 Å². The van der Waals surface area contributed by atoms with Crippen molar-refractivity contribution in [2.45, 2.75) is 25.6 Å². The number of halogens is 3. The first kappa shape index (κ1) is 14.8. The molecule has 0 bridgehead atoms. The molecule has 2 rings (SSSR count). The fourth-order valence-electron chi connectivity index (χ4n) is 2.38. The SMILES string of the molecule is CC1CN(C(=O)Cc2ccccc2C(F)(F)F)CCN1. The van der Waals surface area contributed by atoms with E-state index in [1.807, 2.05) is 6.92 Å². The Balaban J connectivity index is 2.12. The second-order valence-electron chi connectivity index (χ2n) is 5.03. The molecular weight excluding hydrogens is 269 g/mol. The first-order valence-corrected chi connectivity index (χ1v) is 6.54. The summed E-state index contributed by atoms with van der Waals surface area (Å²) < 4.78 is 38.6. The number of piperazine rings is 1. The Morgan fingerprint density at radius 2 is 2.10 bits per heavy atom. The van der Waals surface area contributed by atoms with Gasteiger partial charge in [0.15, 0.2) is 0 Å². The van der Waals surface area contributed by atoms with E-state index in [0.717, 1.165) is 6.07 Å². The molecule has 1 amide bonds. The molecule has 1 atom stereocenters. The van der Waals surface area contributed by atoms with Gasteiger partial charge in [-0.15, -0.1) is 0 Å². The fraction of sp³-hybridized carbons (Fsp3) is 0.500. The molecule has 1 aromatic carbocycles. The number of alkyl halides is 3. The van der Waals surface area contributed by atoms with E-state index in [2.05, 4.69) is 5.32 Å². The molecule has 0 aliphatic carbocycles. The highest BCUT2D eigenvalue weighted by atomic mass is 19.4. The Hall–Kier alpha value is -1.56. The third-order valence-electron chi connectivity index (χ3n) is 3.39. The number of nitrogens with one attached hydrogen (secondary N) is 1. The summed E-state index contributed by atoms with van der Waals surface area (Å²) in [4.78, 5) is 13.7. The van der Waals surface area contributed by atoms with Crippen molar-refractivity contribution in [1.82, 2.24) is 10.2 Å². The number of hydrogen-bond donors (Lipinski definition) is 1. The van der Waals surface area contributed by atoms with Crippen molar-refractivity contribution in [3.8, 4) is 0 Å². The van der Waals surface area contributed by atoms with Gasteiger partial charge >= 0.3 is 6.18 Å². The van der Waals surface area contributed by atoms with Gasteiger partial charge in [-0.2, -0.15) is 13.2 Å². The molecule has 1 aliphatic heterocycles. The van der Waals surface area contributed by atoms with Gasteiger partial charge < -0.3 is 10.2 Å². The van der Waals surface area contributed by atoms with Crippen LogP contribution in [0.1, 0.15) is 18.1 Å². The average Bonchev–Trinajstić information content (AvgIpc) is 2.38. The monoisotopic (exact) mass is 286 g/mol. The van der Waals surface area contributed by atoms with Gasteiger partial charge in [-0.1, -0.05) is 18.2 Å². The van der Waals surface area contributed by atoms with Crippen LogP contribution in [0.3, 0.4) is 0 Å². The molecule has 0 spiro atoms. The predicted molar refractivity (Wildman–Crippen MR) is 69.2 cm³/mol. The Morgan fingerprint density at radius 1 is 1.40 bits per heavy atom. The van der Waals surface area contributed by atoms with E-state index in [0.29, 0.717) is 19.6 Å². The lowest BCUT2D eigenvalue weighted by atomic mass is 10.0. The van der Waals surface area contributed by atoms with Crippen LogP contribution >= 0.6 is 0 Å². The number of rotatable bonds is 2. The second kappa shape index (κ2) is 5.83. The molecule has 1 saturated heterocycles. The van der Waals surface area contributed by atoms with E-state index < -0.39 is 11.7 Å². The summed E-state index contributed by atoms with van der Waals surface area (Å²) in [7, 11) is 0. The standard InChI is InChI=1S/C14H17F3N2O/c1-10-9-19(7-6-18-10)13(20)8-11-4-2-3-5-12(11)14(15,16)17/h2-5,10,18H,6-9H2,1H3. The summed E-state index contributed by atoms with van der Waals surface area (Å²) in [6, 6.07) is 5.42. The van der Waals surface area contributed by atoms with Crippen molar-refractivity contribution in [3.63, 3.8) is 0 Å². The second-order valence-corrected chi connectivity index (χ2v) is 5.03. The molecule has 1 fully saturated rings. The predicted octanol–water partition coefficient (Wildman–Crippen LogP) is 2.07. The van der Waals surface area contributed by atoms with Crippen molar-refractivity contribution in [2.24, 2.45) is 0 Å². The number of nitrogens with zero attached hydrogens (tertiary/aromatic N) is 1. The summed E-state index contributed by atoms with van der Waals surface area (Å²) >= 11 is 0. The zero-order chi connectivity index (χ0) is 14.8. The molecule has 0 aromatic heterocycles. The number of benzene rings is 1. The van der Waals surface area contributed by atoms with E-state index in [9.17, 15) is 18.0 Å². The van der Waals surface area contributed by atoms with Crippen LogP contribution in [-0.4, -0.2) is 36.5 Å². The molecule has 1 heterocycles. The summed E-state index contributed by atoms with van der Waals surface area (Å²) in [6.07, 6.45) is -4.63. The van der Waals surface area contributed by atoms with Crippen molar-refractivity contribution in [3.05, 3.63) is 35.4 Å². The minimum atomic E-state index is -4.42. The zero-order valence-electron chi connectivity index (χ0n) is 11.2. The van der Waals surface area contributed by atoms with E-state index in [1.165, 1.54) is 18.2 Å². The van der Waals surface area contributed by atoms with Crippen molar-refractivity contribution in [1.29, 1.82) is 0 Å². The van der Waals surface area contributed by atoms with Crippen molar-refractivity contribution < 1.29 is 18.0 Å². The highest BCUT2D eigenvalue weighted by Crippen LogP contribution is 2.32. The topological polar surface area (TPSA) is 32.3 Å². The van der Waals surface area contributed by atoms with Gasteiger partial charge in [0.05, 0.1) is 12.0 Å². The maximum atomic E-state index is 12.9. The molecule has 1 aliphatic rings. The molecular formula is C14H17F3N2O. The molecule has 3 nitrogen and oxygen atoms in total. The van der Waals surface area contributed by atoms with Gasteiger partial charge in [-0.05, 0) is 18.6 Å². The van der Waals surface area contributed by atoms with Crippen LogP contribution < -0.4 is 5.32 Å². The van der Waals surface area contributed by atoms with Gasteiger partial charge in [0.2, 0.25) is 5.91 Å². The summed E-state index contributed by atoms with van der Waals surface area (Å²) in [5, 5.41) is 3.19. The van der Waals surface area contributed by atoms with E-state index in [-0.39, 0.29) is 23.9 Å². The molecule has 20 heavy (non-hydrogen) atoms. The first-order valence-electron chi connectivity index (χ1n) is 6.54. The molecule has 1 unspecified atom stereocenters. The van der Waals surface area contributed by atoms with Crippen LogP contribution in [0.2, 0.25) is 0 Å². The minimum Gasteiger partial charge on any atom is -0.340 e. The first-order chi connectivity index (χ1) is 9.38. The van der Waals surface area contributed by atoms with Crippen LogP contribution in [0.4, 0.5) is 13.2 Å². The fourth-order valence-corrected chi connectivity index (χ4v) is 2.38. The van der Waals surface area contributed by atoms with Crippen LogP contribution in [0.25, 0.3) is 0 Å². The Morgan fingerprint density at radius 3 is 2.75 bits per heavy atom. The van der Waals surface area contributed by atoms with E-state index in [1.54, 1.807) is 4.90 Å². The molecule has 1 aromatic rings. The number of amides is 1. The maximum Gasteiger partial charge on any atom is 0.416 e.